The molecular formula is C72H47NO. The van der Waals surface area contributed by atoms with Crippen LogP contribution in [0.1, 0.15) is 0 Å². The van der Waals surface area contributed by atoms with Gasteiger partial charge in [0.25, 0.3) is 0 Å². The summed E-state index contributed by atoms with van der Waals surface area (Å²) in [6, 6.07) is 104. The summed E-state index contributed by atoms with van der Waals surface area (Å²) in [5.41, 5.74) is 19.0. The first kappa shape index (κ1) is 43.1. The summed E-state index contributed by atoms with van der Waals surface area (Å²) in [5, 5.41) is 9.68. The van der Waals surface area contributed by atoms with Crippen molar-refractivity contribution in [2.75, 3.05) is 4.90 Å². The predicted octanol–water partition coefficient (Wildman–Crippen LogP) is 20.5. The van der Waals surface area contributed by atoms with E-state index in [4.69, 9.17) is 4.42 Å². The van der Waals surface area contributed by atoms with Crippen LogP contribution in [0.15, 0.2) is 290 Å². The van der Waals surface area contributed by atoms with Crippen LogP contribution in [0.25, 0.3) is 121 Å². The molecule has 0 spiro atoms. The molecule has 0 saturated heterocycles. The van der Waals surface area contributed by atoms with Crippen molar-refractivity contribution >= 4 is 71.3 Å². The van der Waals surface area contributed by atoms with Crippen LogP contribution in [0.2, 0.25) is 0 Å². The highest BCUT2D eigenvalue weighted by Gasteiger charge is 2.22. The van der Waals surface area contributed by atoms with Gasteiger partial charge in [0, 0.05) is 33.3 Å². The third kappa shape index (κ3) is 7.52. The fraction of sp³-hybridized carbons (Fsp3) is 0. The SMILES string of the molecule is c1ccc(-c2c(-c3ccccc3)c3cc(-c4ccccc4N(c4ccc(-c5ccc(-c6ccc7ccccc7c6)cc5)cc4)c4ccc(-c5cccc6c5oc5ccccc56)cc4)ccc3c3ccccc23)cc1. The predicted molar refractivity (Wildman–Crippen MR) is 314 cm³/mol. The Labute approximate surface area is 430 Å². The van der Waals surface area contributed by atoms with Crippen molar-refractivity contribution in [1.29, 1.82) is 0 Å². The Morgan fingerprint density at radius 1 is 0.243 bits per heavy atom. The zero-order valence-corrected chi connectivity index (χ0v) is 40.5. The van der Waals surface area contributed by atoms with Crippen molar-refractivity contribution in [3.8, 4) is 66.8 Å². The normalized spacial score (nSPS) is 11.5. The lowest BCUT2D eigenvalue weighted by atomic mass is 9.84. The molecule has 0 aliphatic rings. The van der Waals surface area contributed by atoms with Gasteiger partial charge >= 0.3 is 0 Å². The maximum atomic E-state index is 6.52. The zero-order chi connectivity index (χ0) is 49.0. The van der Waals surface area contributed by atoms with Crippen LogP contribution in [-0.4, -0.2) is 0 Å². The molecule has 1 aromatic heterocycles. The lowest BCUT2D eigenvalue weighted by Gasteiger charge is -2.28. The number of benzene rings is 13. The maximum absolute atomic E-state index is 6.52. The standard InChI is InChI=1S/C72H47NO/c1-3-17-53(18-4-1)70-65-25-10-9-23-62(65)63-45-40-57(47-67(63)71(70)54-19-5-2-6-20-54)60-22-11-13-28-68(60)73(59-43-38-52(39-44-59)61-26-15-27-66-64-24-12-14-29-69(64)74-72(61)66)58-41-36-50(37-42-58)49-30-32-51(33-31-49)56-35-34-48-16-7-8-21-55(48)46-56/h1-47H. The van der Waals surface area contributed by atoms with Crippen molar-refractivity contribution in [3.05, 3.63) is 285 Å². The van der Waals surface area contributed by atoms with Crippen LogP contribution < -0.4 is 4.90 Å². The van der Waals surface area contributed by atoms with Gasteiger partial charge in [0.15, 0.2) is 0 Å². The summed E-state index contributed by atoms with van der Waals surface area (Å²) in [6.07, 6.45) is 0. The first-order valence-electron chi connectivity index (χ1n) is 25.4. The lowest BCUT2D eigenvalue weighted by Crippen LogP contribution is -2.11. The van der Waals surface area contributed by atoms with Gasteiger partial charge in [-0.2, -0.15) is 0 Å². The first-order valence-corrected chi connectivity index (χ1v) is 25.4. The van der Waals surface area contributed by atoms with E-state index in [1.165, 1.54) is 71.3 Å². The molecule has 346 valence electrons. The molecule has 2 nitrogen and oxygen atoms in total. The van der Waals surface area contributed by atoms with Gasteiger partial charge in [0.2, 0.25) is 0 Å². The molecule has 0 fully saturated rings. The van der Waals surface area contributed by atoms with E-state index in [-0.39, 0.29) is 0 Å². The van der Waals surface area contributed by atoms with Crippen LogP contribution in [0.3, 0.4) is 0 Å². The lowest BCUT2D eigenvalue weighted by molar-refractivity contribution is 0.670. The van der Waals surface area contributed by atoms with Crippen LogP contribution in [0.4, 0.5) is 17.1 Å². The van der Waals surface area contributed by atoms with Crippen molar-refractivity contribution in [2.24, 2.45) is 0 Å². The summed E-state index contributed by atoms with van der Waals surface area (Å²) in [7, 11) is 0. The maximum Gasteiger partial charge on any atom is 0.143 e. The number of fused-ring (bicyclic) bond motifs is 7. The Hall–Kier alpha value is -9.76. The van der Waals surface area contributed by atoms with E-state index in [2.05, 4.69) is 278 Å². The van der Waals surface area contributed by atoms with Gasteiger partial charge in [-0.25, -0.2) is 0 Å². The fourth-order valence-electron chi connectivity index (χ4n) is 11.3. The summed E-state index contributed by atoms with van der Waals surface area (Å²) in [4.78, 5) is 2.41. The summed E-state index contributed by atoms with van der Waals surface area (Å²) in [5.74, 6) is 0. The van der Waals surface area contributed by atoms with E-state index < -0.39 is 0 Å². The third-order valence-electron chi connectivity index (χ3n) is 14.9. The Bertz CT molecular complexity index is 4380. The van der Waals surface area contributed by atoms with Crippen molar-refractivity contribution in [1.82, 2.24) is 0 Å². The highest BCUT2D eigenvalue weighted by atomic mass is 16.3. The molecular weight excluding hydrogens is 895 g/mol. The number of hydrogen-bond donors (Lipinski definition) is 0. The average Bonchev–Trinajstić information content (AvgIpc) is 3.89. The number of rotatable bonds is 9. The van der Waals surface area contributed by atoms with Crippen LogP contribution >= 0.6 is 0 Å². The molecule has 13 aromatic carbocycles. The van der Waals surface area contributed by atoms with E-state index in [0.29, 0.717) is 0 Å². The molecule has 0 radical (unpaired) electrons. The molecule has 1 heterocycles. The average molecular weight is 942 g/mol. The molecule has 0 aliphatic carbocycles. The molecule has 2 heteroatoms. The van der Waals surface area contributed by atoms with E-state index in [9.17, 15) is 0 Å². The number of nitrogens with zero attached hydrogens (tertiary/aromatic N) is 1. The molecule has 0 unspecified atom stereocenters. The molecule has 0 N–H and O–H groups in total. The first-order chi connectivity index (χ1) is 36.7. The molecule has 14 aromatic rings. The van der Waals surface area contributed by atoms with Gasteiger partial charge in [0.1, 0.15) is 11.2 Å². The van der Waals surface area contributed by atoms with Crippen LogP contribution in [-0.2, 0) is 0 Å². The van der Waals surface area contributed by atoms with Gasteiger partial charge in [0.05, 0.1) is 5.69 Å². The number of para-hydroxylation sites is 3. The third-order valence-corrected chi connectivity index (χ3v) is 14.9. The Balaban J connectivity index is 0.912. The topological polar surface area (TPSA) is 16.4 Å². The van der Waals surface area contributed by atoms with Crippen LogP contribution in [0.5, 0.6) is 0 Å². The minimum atomic E-state index is 0.896. The summed E-state index contributed by atoms with van der Waals surface area (Å²) < 4.78 is 6.52. The molecule has 14 rings (SSSR count). The number of furan rings is 1. The van der Waals surface area contributed by atoms with Crippen molar-refractivity contribution in [3.63, 3.8) is 0 Å². The van der Waals surface area contributed by atoms with Gasteiger partial charge in [-0.15, -0.1) is 0 Å². The van der Waals surface area contributed by atoms with E-state index >= 15 is 0 Å². The Morgan fingerprint density at radius 3 is 1.45 bits per heavy atom. The van der Waals surface area contributed by atoms with Gasteiger partial charge < -0.3 is 9.32 Å². The van der Waals surface area contributed by atoms with Gasteiger partial charge in [-0.1, -0.05) is 237 Å². The zero-order valence-electron chi connectivity index (χ0n) is 40.5. The minimum absolute atomic E-state index is 0.896. The summed E-state index contributed by atoms with van der Waals surface area (Å²) >= 11 is 0. The second-order valence-corrected chi connectivity index (χ2v) is 19.2. The van der Waals surface area contributed by atoms with E-state index in [1.54, 1.807) is 0 Å². The number of hydrogen-bond acceptors (Lipinski definition) is 2. The molecule has 0 saturated carbocycles. The van der Waals surface area contributed by atoms with Gasteiger partial charge in [-0.05, 0) is 136 Å². The van der Waals surface area contributed by atoms with Gasteiger partial charge in [-0.3, -0.25) is 0 Å². The molecule has 0 amide bonds. The molecule has 0 atom stereocenters. The smallest absolute Gasteiger partial charge is 0.143 e. The second kappa shape index (κ2) is 18.1. The van der Waals surface area contributed by atoms with Crippen molar-refractivity contribution < 1.29 is 4.42 Å². The minimum Gasteiger partial charge on any atom is -0.455 e. The van der Waals surface area contributed by atoms with Crippen molar-refractivity contribution in [2.45, 2.75) is 0 Å². The van der Waals surface area contributed by atoms with E-state index in [1.807, 2.05) is 12.1 Å². The fourth-order valence-corrected chi connectivity index (χ4v) is 11.3. The summed E-state index contributed by atoms with van der Waals surface area (Å²) in [6.45, 7) is 0. The molecule has 74 heavy (non-hydrogen) atoms. The van der Waals surface area contributed by atoms with Crippen LogP contribution in [0, 0.1) is 0 Å². The number of anilines is 3. The largest absolute Gasteiger partial charge is 0.455 e. The Morgan fingerprint density at radius 2 is 0.730 bits per heavy atom. The highest BCUT2D eigenvalue weighted by Crippen LogP contribution is 2.48. The quantitative estimate of drug-likeness (QED) is 0.134. The molecule has 0 bridgehead atoms. The van der Waals surface area contributed by atoms with E-state index in [0.717, 1.165) is 66.8 Å². The second-order valence-electron chi connectivity index (χ2n) is 19.2. The molecule has 0 aliphatic heterocycles. The highest BCUT2D eigenvalue weighted by molar-refractivity contribution is 6.22. The monoisotopic (exact) mass is 941 g/mol. The Kier molecular flexibility index (Phi) is 10.6.